The molecular weight excluding hydrogens is 581 g/mol. The molecule has 184 valence electrons. The monoisotopic (exact) mass is 593 g/mol. The molecule has 1 amide bonds. The topological polar surface area (TPSA) is 77.9 Å². The van der Waals surface area contributed by atoms with Crippen molar-refractivity contribution in [2.75, 3.05) is 5.32 Å². The van der Waals surface area contributed by atoms with Gasteiger partial charge in [0.1, 0.15) is 17.1 Å². The number of alkyl halides is 4. The minimum Gasteiger partial charge on any atom is -0.454 e. The Kier molecular flexibility index (Phi) is 7.53. The van der Waals surface area contributed by atoms with Gasteiger partial charge in [0.25, 0.3) is 18.8 Å². The highest BCUT2D eigenvalue weighted by Crippen LogP contribution is 2.27. The van der Waals surface area contributed by atoms with Crippen molar-refractivity contribution in [3.63, 3.8) is 0 Å². The molecule has 0 fully saturated rings. The molecule has 4 rings (SSSR count). The zero-order valence-corrected chi connectivity index (χ0v) is 20.5. The molecule has 0 unspecified atom stereocenters. The highest BCUT2D eigenvalue weighted by molar-refractivity contribution is 9.10. The van der Waals surface area contributed by atoms with E-state index in [1.54, 1.807) is 29.1 Å². The summed E-state index contributed by atoms with van der Waals surface area (Å²) in [6.07, 6.45) is -4.36. The van der Waals surface area contributed by atoms with Crippen LogP contribution in [0.15, 0.2) is 51.5 Å². The number of amides is 1. The minimum atomic E-state index is -3.01. The van der Waals surface area contributed by atoms with E-state index in [-0.39, 0.29) is 23.9 Å². The van der Waals surface area contributed by atoms with E-state index >= 15 is 0 Å². The van der Waals surface area contributed by atoms with E-state index in [4.69, 9.17) is 27.6 Å². The van der Waals surface area contributed by atoms with Crippen molar-refractivity contribution in [3.05, 3.63) is 85.6 Å². The fraction of sp³-hybridized carbons (Fsp3) is 0.190. The summed E-state index contributed by atoms with van der Waals surface area (Å²) in [4.78, 5) is 12.6. The molecule has 0 saturated carbocycles. The van der Waals surface area contributed by atoms with Gasteiger partial charge in [-0.25, -0.2) is 17.6 Å². The number of halogens is 7. The van der Waals surface area contributed by atoms with E-state index in [1.807, 2.05) is 0 Å². The number of aromatic nitrogens is 4. The van der Waals surface area contributed by atoms with Crippen LogP contribution in [0, 0.1) is 0 Å². The Hall–Kier alpha value is -2.83. The van der Waals surface area contributed by atoms with Crippen molar-refractivity contribution >= 4 is 50.9 Å². The number of nitrogens with zero attached hydrogens (tertiary/aromatic N) is 4. The smallest absolute Gasteiger partial charge is 0.292 e. The van der Waals surface area contributed by atoms with E-state index in [1.165, 1.54) is 12.1 Å². The molecule has 0 aliphatic heterocycles. The van der Waals surface area contributed by atoms with Gasteiger partial charge in [-0.15, -0.1) is 0 Å². The predicted octanol–water partition coefficient (Wildman–Crippen LogP) is 6.97. The van der Waals surface area contributed by atoms with Gasteiger partial charge in [0.2, 0.25) is 0 Å². The number of anilines is 1. The molecule has 4 aromatic rings. The second-order valence-electron chi connectivity index (χ2n) is 7.24. The highest BCUT2D eigenvalue weighted by atomic mass is 79.9. The first kappa shape index (κ1) is 25.3. The van der Waals surface area contributed by atoms with Crippen molar-refractivity contribution in [1.82, 2.24) is 19.6 Å². The van der Waals surface area contributed by atoms with Crippen LogP contribution in [0.2, 0.25) is 10.0 Å². The summed E-state index contributed by atoms with van der Waals surface area (Å²) in [5.41, 5.74) is -0.620. The number of benzene rings is 1. The molecule has 0 atom stereocenters. The van der Waals surface area contributed by atoms with Gasteiger partial charge in [0, 0.05) is 6.20 Å². The van der Waals surface area contributed by atoms with Crippen LogP contribution in [-0.2, 0) is 13.1 Å². The van der Waals surface area contributed by atoms with E-state index in [9.17, 15) is 22.4 Å². The molecule has 0 saturated heterocycles. The molecular formula is C21H14BrCl2F4N5O2. The maximum Gasteiger partial charge on any atom is 0.292 e. The summed E-state index contributed by atoms with van der Waals surface area (Å²) < 4.78 is 60.2. The Morgan fingerprint density at radius 2 is 1.80 bits per heavy atom. The van der Waals surface area contributed by atoms with Crippen LogP contribution in [0.4, 0.5) is 23.4 Å². The summed E-state index contributed by atoms with van der Waals surface area (Å²) in [7, 11) is 0. The Morgan fingerprint density at radius 1 is 1.03 bits per heavy atom. The molecule has 0 aliphatic carbocycles. The Balaban J connectivity index is 1.45. The van der Waals surface area contributed by atoms with Crippen molar-refractivity contribution < 1.29 is 26.8 Å². The van der Waals surface area contributed by atoms with Gasteiger partial charge in [0.05, 0.1) is 27.6 Å². The lowest BCUT2D eigenvalue weighted by Crippen LogP contribution is -2.12. The molecule has 3 aromatic heterocycles. The van der Waals surface area contributed by atoms with Gasteiger partial charge in [-0.05, 0) is 51.8 Å². The number of hydrogen-bond acceptors (Lipinski definition) is 4. The van der Waals surface area contributed by atoms with Crippen LogP contribution < -0.4 is 5.32 Å². The highest BCUT2D eigenvalue weighted by Gasteiger charge is 2.22. The summed E-state index contributed by atoms with van der Waals surface area (Å²) in [5.74, 6) is -0.503. The molecule has 0 aliphatic rings. The first-order valence-corrected chi connectivity index (χ1v) is 11.4. The van der Waals surface area contributed by atoms with Crippen LogP contribution in [0.25, 0.3) is 0 Å². The second kappa shape index (κ2) is 10.4. The molecule has 0 spiro atoms. The summed E-state index contributed by atoms with van der Waals surface area (Å²) in [5, 5.41) is 11.2. The number of nitrogens with one attached hydrogen (secondary N) is 1. The Bertz CT molecular complexity index is 1370. The number of carbonyl (C=O) groups excluding carboxylic acids is 1. The lowest BCUT2D eigenvalue weighted by atomic mass is 10.2. The average molecular weight is 595 g/mol. The maximum absolute atomic E-state index is 13.2. The van der Waals surface area contributed by atoms with Gasteiger partial charge >= 0.3 is 0 Å². The first-order chi connectivity index (χ1) is 16.6. The molecule has 35 heavy (non-hydrogen) atoms. The normalized spacial score (nSPS) is 11.6. The summed E-state index contributed by atoms with van der Waals surface area (Å²) in [6.45, 7) is -0.00511. The standard InChI is InChI=1S/C21H14BrCl2F4N5O2/c22-12-9-32(7-10-1-3-13(23)14(24)5-10)31-20(12)29-21(34)17-4-2-11(35-17)8-33-16(19(27)28)6-15(30-33)18(25)26/h1-6,9,18-19H,7-8H2,(H,29,31,34). The fourth-order valence-electron chi connectivity index (χ4n) is 3.15. The zero-order valence-electron chi connectivity index (χ0n) is 17.4. The molecule has 7 nitrogen and oxygen atoms in total. The third kappa shape index (κ3) is 5.88. The number of furan rings is 1. The van der Waals surface area contributed by atoms with Crippen LogP contribution >= 0.6 is 39.1 Å². The zero-order chi connectivity index (χ0) is 25.3. The largest absolute Gasteiger partial charge is 0.454 e. The number of rotatable bonds is 8. The van der Waals surface area contributed by atoms with Gasteiger partial charge in [-0.3, -0.25) is 14.2 Å². The predicted molar refractivity (Wildman–Crippen MR) is 123 cm³/mol. The third-order valence-corrected chi connectivity index (χ3v) is 6.07. The molecule has 3 heterocycles. The molecule has 0 radical (unpaired) electrons. The van der Waals surface area contributed by atoms with Crippen molar-refractivity contribution in [1.29, 1.82) is 0 Å². The van der Waals surface area contributed by atoms with Crippen LogP contribution in [0.3, 0.4) is 0 Å². The van der Waals surface area contributed by atoms with E-state index < -0.39 is 30.1 Å². The summed E-state index contributed by atoms with van der Waals surface area (Å²) in [6, 6.07) is 8.48. The van der Waals surface area contributed by atoms with E-state index in [0.29, 0.717) is 31.8 Å². The molecule has 1 N–H and O–H groups in total. The Labute approximate surface area is 213 Å². The van der Waals surface area contributed by atoms with Gasteiger partial charge in [-0.1, -0.05) is 29.3 Å². The minimum absolute atomic E-state index is 0.0742. The van der Waals surface area contributed by atoms with Crippen molar-refractivity contribution in [2.24, 2.45) is 0 Å². The molecule has 1 aromatic carbocycles. The van der Waals surface area contributed by atoms with Crippen LogP contribution in [0.1, 0.15) is 46.1 Å². The molecule has 0 bridgehead atoms. The molecule has 14 heteroatoms. The van der Waals surface area contributed by atoms with E-state index in [0.717, 1.165) is 5.56 Å². The maximum atomic E-state index is 13.2. The van der Waals surface area contributed by atoms with Crippen molar-refractivity contribution in [3.8, 4) is 0 Å². The van der Waals surface area contributed by atoms with Crippen molar-refractivity contribution in [2.45, 2.75) is 25.9 Å². The lowest BCUT2D eigenvalue weighted by molar-refractivity contribution is 0.0993. The second-order valence-corrected chi connectivity index (χ2v) is 8.91. The SMILES string of the molecule is O=C(Nc1nn(Cc2ccc(Cl)c(Cl)c2)cc1Br)c1ccc(Cn2nc(C(F)F)cc2C(F)F)o1. The fourth-order valence-corrected chi connectivity index (χ4v) is 3.89. The van der Waals surface area contributed by atoms with Gasteiger partial charge in [0.15, 0.2) is 11.6 Å². The number of hydrogen-bond donors (Lipinski definition) is 1. The number of carbonyl (C=O) groups is 1. The Morgan fingerprint density at radius 3 is 2.49 bits per heavy atom. The van der Waals surface area contributed by atoms with Crippen LogP contribution in [-0.4, -0.2) is 25.5 Å². The van der Waals surface area contributed by atoms with E-state index in [2.05, 4.69) is 31.4 Å². The third-order valence-electron chi connectivity index (χ3n) is 4.75. The first-order valence-electron chi connectivity index (χ1n) is 9.81. The average Bonchev–Trinajstić information content (AvgIpc) is 3.51. The van der Waals surface area contributed by atoms with Gasteiger partial charge < -0.3 is 9.73 Å². The quantitative estimate of drug-likeness (QED) is 0.224. The summed E-state index contributed by atoms with van der Waals surface area (Å²) >= 11 is 15.3. The lowest BCUT2D eigenvalue weighted by Gasteiger charge is -2.05. The van der Waals surface area contributed by atoms with Gasteiger partial charge in [-0.2, -0.15) is 10.2 Å². The van der Waals surface area contributed by atoms with Crippen LogP contribution in [0.5, 0.6) is 0 Å².